The Morgan fingerprint density at radius 2 is 1.85 bits per heavy atom. The molecular weight excluding hydrogens is 344 g/mol. The molecule has 0 unspecified atom stereocenters. The number of piperidine rings is 1. The zero-order valence-corrected chi connectivity index (χ0v) is 16.1. The minimum absolute atomic E-state index is 0.0352. The molecule has 0 spiro atoms. The highest BCUT2D eigenvalue weighted by atomic mass is 16.6. The Balaban J connectivity index is 1.60. The monoisotopic (exact) mass is 370 g/mol. The van der Waals surface area contributed by atoms with Crippen LogP contribution in [0.2, 0.25) is 0 Å². The third kappa shape index (κ3) is 4.48. The molecule has 1 aliphatic heterocycles. The number of ether oxygens (including phenoxy) is 1. The quantitative estimate of drug-likeness (QED) is 0.898. The van der Waals surface area contributed by atoms with E-state index in [2.05, 4.69) is 10.4 Å². The standard InChI is InChI=1S/C20H26N4O3/c1-4-27-20(26)23-11-9-16(10-12-23)21-19(25)18-13-15(3)24(22-18)17-7-5-14(2)6-8-17/h5-8,13,16H,4,9-12H2,1-3H3,(H,21,25). The highest BCUT2D eigenvalue weighted by Crippen LogP contribution is 2.15. The fourth-order valence-electron chi connectivity index (χ4n) is 3.21. The zero-order chi connectivity index (χ0) is 19.4. The van der Waals surface area contributed by atoms with Gasteiger partial charge in [-0.2, -0.15) is 5.10 Å². The second-order valence-electron chi connectivity index (χ2n) is 6.85. The maximum Gasteiger partial charge on any atom is 0.409 e. The number of aromatic nitrogens is 2. The molecule has 7 heteroatoms. The van der Waals surface area contributed by atoms with Crippen molar-refractivity contribution in [1.82, 2.24) is 20.0 Å². The number of benzene rings is 1. The van der Waals surface area contributed by atoms with Crippen LogP contribution in [0.3, 0.4) is 0 Å². The van der Waals surface area contributed by atoms with Crippen LogP contribution < -0.4 is 5.32 Å². The number of likely N-dealkylation sites (tertiary alicyclic amines) is 1. The normalized spacial score (nSPS) is 14.9. The summed E-state index contributed by atoms with van der Waals surface area (Å²) in [7, 11) is 0. The molecular formula is C20H26N4O3. The predicted molar refractivity (Wildman–Crippen MR) is 102 cm³/mol. The van der Waals surface area contributed by atoms with Gasteiger partial charge in [0.25, 0.3) is 5.91 Å². The second kappa shape index (κ2) is 8.24. The van der Waals surface area contributed by atoms with Crippen molar-refractivity contribution in [3.63, 3.8) is 0 Å². The first-order valence-corrected chi connectivity index (χ1v) is 9.34. The Kier molecular flexibility index (Phi) is 5.78. The molecule has 0 atom stereocenters. The number of nitrogens with one attached hydrogen (secondary N) is 1. The van der Waals surface area contributed by atoms with E-state index in [4.69, 9.17) is 4.74 Å². The third-order valence-corrected chi connectivity index (χ3v) is 4.75. The molecule has 3 rings (SSSR count). The highest BCUT2D eigenvalue weighted by Gasteiger charge is 2.25. The molecule has 27 heavy (non-hydrogen) atoms. The van der Waals surface area contributed by atoms with Crippen LogP contribution in [0.5, 0.6) is 0 Å². The minimum atomic E-state index is -0.283. The summed E-state index contributed by atoms with van der Waals surface area (Å²) >= 11 is 0. The second-order valence-corrected chi connectivity index (χ2v) is 6.85. The van der Waals surface area contributed by atoms with E-state index in [9.17, 15) is 9.59 Å². The molecule has 2 amide bonds. The van der Waals surface area contributed by atoms with Crippen LogP contribution >= 0.6 is 0 Å². The van der Waals surface area contributed by atoms with E-state index in [1.165, 1.54) is 5.56 Å². The third-order valence-electron chi connectivity index (χ3n) is 4.75. The first kappa shape index (κ1) is 18.9. The summed E-state index contributed by atoms with van der Waals surface area (Å²) < 4.78 is 6.79. The maximum atomic E-state index is 12.6. The van der Waals surface area contributed by atoms with Crippen LogP contribution in [-0.4, -0.2) is 52.4 Å². The Morgan fingerprint density at radius 3 is 2.48 bits per heavy atom. The number of hydrogen-bond acceptors (Lipinski definition) is 4. The number of nitrogens with zero attached hydrogens (tertiary/aromatic N) is 3. The highest BCUT2D eigenvalue weighted by molar-refractivity contribution is 5.92. The zero-order valence-electron chi connectivity index (χ0n) is 16.1. The number of carbonyl (C=O) groups excluding carboxylic acids is 2. The van der Waals surface area contributed by atoms with Crippen molar-refractivity contribution < 1.29 is 14.3 Å². The van der Waals surface area contributed by atoms with Gasteiger partial charge in [-0.1, -0.05) is 17.7 Å². The minimum Gasteiger partial charge on any atom is -0.450 e. The Labute approximate surface area is 159 Å². The molecule has 0 radical (unpaired) electrons. The molecule has 2 heterocycles. The molecule has 0 aliphatic carbocycles. The number of carbonyl (C=O) groups is 2. The lowest BCUT2D eigenvalue weighted by atomic mass is 10.1. The number of hydrogen-bond donors (Lipinski definition) is 1. The van der Waals surface area contributed by atoms with Crippen molar-refractivity contribution in [1.29, 1.82) is 0 Å². The van der Waals surface area contributed by atoms with Crippen molar-refractivity contribution in [2.45, 2.75) is 39.7 Å². The van der Waals surface area contributed by atoms with E-state index in [1.807, 2.05) is 38.1 Å². The molecule has 2 aromatic rings. The summed E-state index contributed by atoms with van der Waals surface area (Å²) in [5.41, 5.74) is 3.41. The van der Waals surface area contributed by atoms with Gasteiger partial charge in [0, 0.05) is 24.8 Å². The van der Waals surface area contributed by atoms with Gasteiger partial charge in [0.1, 0.15) is 0 Å². The predicted octanol–water partition coefficient (Wildman–Crippen LogP) is 2.84. The lowest BCUT2D eigenvalue weighted by Crippen LogP contribution is -2.46. The average Bonchev–Trinajstić information content (AvgIpc) is 3.05. The Hall–Kier alpha value is -2.83. The van der Waals surface area contributed by atoms with Crippen molar-refractivity contribution in [3.8, 4) is 5.69 Å². The number of aryl methyl sites for hydroxylation is 2. The van der Waals surface area contributed by atoms with Crippen molar-refractivity contribution in [2.24, 2.45) is 0 Å². The van der Waals surface area contributed by atoms with E-state index in [0.717, 1.165) is 11.4 Å². The van der Waals surface area contributed by atoms with Crippen LogP contribution in [0.15, 0.2) is 30.3 Å². The van der Waals surface area contributed by atoms with E-state index in [-0.39, 0.29) is 18.0 Å². The number of amides is 2. The molecule has 1 aliphatic rings. The average molecular weight is 370 g/mol. The lowest BCUT2D eigenvalue weighted by Gasteiger charge is -2.31. The van der Waals surface area contributed by atoms with Crippen LogP contribution in [0.4, 0.5) is 4.79 Å². The van der Waals surface area contributed by atoms with Crippen LogP contribution in [0, 0.1) is 13.8 Å². The fourth-order valence-corrected chi connectivity index (χ4v) is 3.21. The number of rotatable bonds is 4. The molecule has 1 aromatic heterocycles. The maximum absolute atomic E-state index is 12.6. The smallest absolute Gasteiger partial charge is 0.409 e. The SMILES string of the molecule is CCOC(=O)N1CCC(NC(=O)c2cc(C)n(-c3ccc(C)cc3)n2)CC1. The van der Waals surface area contributed by atoms with Crippen molar-refractivity contribution in [3.05, 3.63) is 47.3 Å². The molecule has 7 nitrogen and oxygen atoms in total. The van der Waals surface area contributed by atoms with Crippen molar-refractivity contribution in [2.75, 3.05) is 19.7 Å². The molecule has 1 aromatic carbocycles. The summed E-state index contributed by atoms with van der Waals surface area (Å²) in [6.45, 7) is 7.30. The molecule has 0 bridgehead atoms. The summed E-state index contributed by atoms with van der Waals surface area (Å²) in [5.74, 6) is -0.182. The largest absolute Gasteiger partial charge is 0.450 e. The van der Waals surface area contributed by atoms with Crippen LogP contribution in [0.1, 0.15) is 41.5 Å². The topological polar surface area (TPSA) is 76.5 Å². The summed E-state index contributed by atoms with van der Waals surface area (Å²) in [4.78, 5) is 26.0. The van der Waals surface area contributed by atoms with Gasteiger partial charge in [-0.25, -0.2) is 9.48 Å². The summed E-state index contributed by atoms with van der Waals surface area (Å²) in [6, 6.07) is 9.85. The van der Waals surface area contributed by atoms with E-state index in [1.54, 1.807) is 22.6 Å². The van der Waals surface area contributed by atoms with Gasteiger partial charge in [0.15, 0.2) is 5.69 Å². The van der Waals surface area contributed by atoms with Gasteiger partial charge < -0.3 is 15.0 Å². The van der Waals surface area contributed by atoms with Gasteiger partial charge in [0.2, 0.25) is 0 Å². The first-order valence-electron chi connectivity index (χ1n) is 9.34. The Bertz CT molecular complexity index is 805. The van der Waals surface area contributed by atoms with E-state index in [0.29, 0.717) is 38.2 Å². The molecule has 1 fully saturated rings. The van der Waals surface area contributed by atoms with Gasteiger partial charge in [-0.05, 0) is 51.8 Å². The van der Waals surface area contributed by atoms with E-state index < -0.39 is 0 Å². The Morgan fingerprint density at radius 1 is 1.19 bits per heavy atom. The molecule has 1 N–H and O–H groups in total. The van der Waals surface area contributed by atoms with Gasteiger partial charge >= 0.3 is 6.09 Å². The summed E-state index contributed by atoms with van der Waals surface area (Å²) in [5, 5.41) is 7.50. The fraction of sp³-hybridized carbons (Fsp3) is 0.450. The van der Waals surface area contributed by atoms with Gasteiger partial charge in [0.05, 0.1) is 12.3 Å². The lowest BCUT2D eigenvalue weighted by molar-refractivity contribution is 0.0856. The van der Waals surface area contributed by atoms with Crippen LogP contribution in [0.25, 0.3) is 5.69 Å². The van der Waals surface area contributed by atoms with Crippen LogP contribution in [-0.2, 0) is 4.74 Å². The molecule has 0 saturated carbocycles. The van der Waals surface area contributed by atoms with Gasteiger partial charge in [-0.15, -0.1) is 0 Å². The van der Waals surface area contributed by atoms with Crippen molar-refractivity contribution >= 4 is 12.0 Å². The summed E-state index contributed by atoms with van der Waals surface area (Å²) in [6.07, 6.45) is 1.14. The first-order chi connectivity index (χ1) is 13.0. The van der Waals surface area contributed by atoms with E-state index >= 15 is 0 Å². The molecule has 144 valence electrons. The molecule has 1 saturated heterocycles. The van der Waals surface area contributed by atoms with Gasteiger partial charge in [-0.3, -0.25) is 4.79 Å².